The summed E-state index contributed by atoms with van der Waals surface area (Å²) >= 11 is 1.56. The Labute approximate surface area is 248 Å². The number of hydrogen-bond acceptors (Lipinski definition) is 11. The first-order valence-corrected chi connectivity index (χ1v) is 16.0. The molecule has 5 heterocycles. The number of nitrogens with two attached hydrogens (primary N) is 1. The Morgan fingerprint density at radius 1 is 1.00 bits per heavy atom. The minimum atomic E-state index is -0.960. The topological polar surface area (TPSA) is 138 Å². The number of amides is 1. The maximum atomic E-state index is 13.6. The lowest BCUT2D eigenvalue weighted by molar-refractivity contribution is -0.0477. The second-order valence-electron chi connectivity index (χ2n) is 11.0. The Hall–Kier alpha value is -3.42. The van der Waals surface area contributed by atoms with Crippen LogP contribution in [0.4, 0.5) is 10.6 Å². The number of rotatable bonds is 7. The number of nitrogens with zero attached hydrogens (tertiary/aromatic N) is 6. The van der Waals surface area contributed by atoms with Crippen LogP contribution in [-0.4, -0.2) is 104 Å². The van der Waals surface area contributed by atoms with Crippen LogP contribution >= 0.6 is 11.8 Å². The number of piperidine rings is 2. The highest BCUT2D eigenvalue weighted by atomic mass is 32.2. The predicted octanol–water partition coefficient (Wildman–Crippen LogP) is 3.35. The lowest BCUT2D eigenvalue weighted by Gasteiger charge is -2.40. The quantitative estimate of drug-likeness (QED) is 0.403. The number of esters is 1. The summed E-state index contributed by atoms with van der Waals surface area (Å²) in [5, 5.41) is 0. The van der Waals surface area contributed by atoms with E-state index < -0.39 is 36.6 Å². The summed E-state index contributed by atoms with van der Waals surface area (Å²) in [4.78, 5) is 44.0. The second kappa shape index (κ2) is 12.8. The van der Waals surface area contributed by atoms with Gasteiger partial charge in [-0.05, 0) is 57.2 Å². The molecule has 2 N–H and O–H groups in total. The number of carbonyl (C=O) groups excluding carboxylic acids is 2. The van der Waals surface area contributed by atoms with Crippen LogP contribution in [0.25, 0.3) is 11.2 Å². The Bertz CT molecular complexity index is 1380. The molecule has 3 saturated heterocycles. The number of imidazole rings is 1. The van der Waals surface area contributed by atoms with Gasteiger partial charge >= 0.3 is 12.1 Å². The Morgan fingerprint density at radius 3 is 2.50 bits per heavy atom. The third kappa shape index (κ3) is 5.90. The third-order valence-corrected chi connectivity index (χ3v) is 9.06. The Balaban J connectivity index is 1.24. The fourth-order valence-electron chi connectivity index (χ4n) is 6.21. The Morgan fingerprint density at radius 2 is 1.76 bits per heavy atom. The molecule has 42 heavy (non-hydrogen) atoms. The molecule has 0 spiro atoms. The number of hydrogen-bond donors (Lipinski definition) is 1. The van der Waals surface area contributed by atoms with Crippen molar-refractivity contribution >= 4 is 40.8 Å². The molecule has 3 aromatic rings. The van der Waals surface area contributed by atoms with Gasteiger partial charge in [0.05, 0.1) is 11.9 Å². The molecule has 0 aliphatic carbocycles. The number of nitrogen functional groups attached to an aromatic ring is 1. The highest BCUT2D eigenvalue weighted by molar-refractivity contribution is 7.98. The van der Waals surface area contributed by atoms with Crippen molar-refractivity contribution in [3.8, 4) is 0 Å². The fourth-order valence-corrected chi connectivity index (χ4v) is 6.81. The van der Waals surface area contributed by atoms with Gasteiger partial charge < -0.3 is 29.7 Å². The van der Waals surface area contributed by atoms with Crippen molar-refractivity contribution < 1.29 is 23.8 Å². The van der Waals surface area contributed by atoms with Crippen LogP contribution < -0.4 is 5.73 Å². The van der Waals surface area contributed by atoms with E-state index >= 15 is 0 Å². The number of benzene rings is 1. The van der Waals surface area contributed by atoms with Crippen molar-refractivity contribution in [1.82, 2.24) is 29.3 Å². The minimum absolute atomic E-state index is 0.228. The molecule has 3 fully saturated rings. The van der Waals surface area contributed by atoms with Crippen LogP contribution in [0.2, 0.25) is 0 Å². The highest BCUT2D eigenvalue weighted by Crippen LogP contribution is 2.38. The third-order valence-electron chi connectivity index (χ3n) is 8.40. The SMILES string of the molecule is CSC[C@H]1O[C@@H](n2cnc3c(N)ncnc32)[C@H](OC(=O)c2ccccc2)[C@@H]1OC(=O)N1CCC(N2CCCCC2)CC1. The minimum Gasteiger partial charge on any atom is -0.450 e. The van der Waals surface area contributed by atoms with E-state index in [9.17, 15) is 9.59 Å². The standard InChI is InChI=1S/C29H37N7O5S/c1-42-16-21-23(41-29(38)35-14-10-20(11-15-35)34-12-6-3-7-13-34)24(40-28(37)19-8-4-2-5-9-19)27(39-21)36-18-33-22-25(30)31-17-32-26(22)36/h2,4-5,8-9,17-18,20-21,23-24,27H,3,6-7,10-16H2,1H3,(H2,30,31,32)/t21-,23-,24-,27-/m1/s1. The van der Waals surface area contributed by atoms with Gasteiger partial charge in [0.1, 0.15) is 17.9 Å². The molecule has 224 valence electrons. The average molecular weight is 596 g/mol. The monoisotopic (exact) mass is 595 g/mol. The van der Waals surface area contributed by atoms with E-state index in [1.54, 1.807) is 45.5 Å². The van der Waals surface area contributed by atoms with Crippen molar-refractivity contribution in [2.24, 2.45) is 0 Å². The van der Waals surface area contributed by atoms with E-state index in [4.69, 9.17) is 19.9 Å². The highest BCUT2D eigenvalue weighted by Gasteiger charge is 2.51. The van der Waals surface area contributed by atoms with Crippen LogP contribution in [0.3, 0.4) is 0 Å². The molecule has 2 aromatic heterocycles. The molecule has 0 radical (unpaired) electrons. The van der Waals surface area contributed by atoms with Crippen molar-refractivity contribution in [2.45, 2.75) is 62.7 Å². The van der Waals surface area contributed by atoms with Crippen LogP contribution in [-0.2, 0) is 14.2 Å². The molecule has 1 amide bonds. The van der Waals surface area contributed by atoms with Gasteiger partial charge in [-0.2, -0.15) is 11.8 Å². The largest absolute Gasteiger partial charge is 0.450 e. The normalized spacial score (nSPS) is 25.5. The molecular weight excluding hydrogens is 558 g/mol. The number of carbonyl (C=O) groups is 2. The second-order valence-corrected chi connectivity index (χ2v) is 11.9. The maximum Gasteiger partial charge on any atom is 0.410 e. The van der Waals surface area contributed by atoms with Crippen molar-refractivity contribution in [3.63, 3.8) is 0 Å². The first-order chi connectivity index (χ1) is 20.5. The smallest absolute Gasteiger partial charge is 0.410 e. The number of fused-ring (bicyclic) bond motifs is 1. The van der Waals surface area contributed by atoms with Gasteiger partial charge in [-0.3, -0.25) is 4.57 Å². The molecule has 1 aromatic carbocycles. The molecule has 6 rings (SSSR count). The summed E-state index contributed by atoms with van der Waals surface area (Å²) in [6.07, 6.45) is 6.85. The van der Waals surface area contributed by atoms with Crippen molar-refractivity contribution in [2.75, 3.05) is 43.9 Å². The zero-order valence-electron chi connectivity index (χ0n) is 23.7. The molecule has 3 aliphatic heterocycles. The van der Waals surface area contributed by atoms with Crippen LogP contribution in [0.15, 0.2) is 43.0 Å². The van der Waals surface area contributed by atoms with E-state index in [1.165, 1.54) is 31.9 Å². The van der Waals surface area contributed by atoms with Gasteiger partial charge in [-0.25, -0.2) is 24.5 Å². The zero-order valence-corrected chi connectivity index (χ0v) is 24.5. The molecule has 12 nitrogen and oxygen atoms in total. The average Bonchev–Trinajstić information content (AvgIpc) is 3.60. The van der Waals surface area contributed by atoms with E-state index in [2.05, 4.69) is 19.9 Å². The van der Waals surface area contributed by atoms with Crippen molar-refractivity contribution in [1.29, 1.82) is 0 Å². The number of anilines is 1. The van der Waals surface area contributed by atoms with Gasteiger partial charge in [0.25, 0.3) is 0 Å². The molecule has 4 atom stereocenters. The summed E-state index contributed by atoms with van der Waals surface area (Å²) in [7, 11) is 0. The lowest BCUT2D eigenvalue weighted by Crippen LogP contribution is -2.50. The number of likely N-dealkylation sites (tertiary alicyclic amines) is 2. The molecule has 0 saturated carbocycles. The summed E-state index contributed by atoms with van der Waals surface area (Å²) in [6, 6.07) is 9.23. The van der Waals surface area contributed by atoms with Gasteiger partial charge in [0, 0.05) is 24.9 Å². The van der Waals surface area contributed by atoms with Crippen LogP contribution in [0.5, 0.6) is 0 Å². The summed E-state index contributed by atoms with van der Waals surface area (Å²) < 4.78 is 20.4. The zero-order chi connectivity index (χ0) is 29.1. The van der Waals surface area contributed by atoms with E-state index in [1.807, 2.05) is 12.3 Å². The van der Waals surface area contributed by atoms with Gasteiger partial charge in [0.2, 0.25) is 0 Å². The van der Waals surface area contributed by atoms with Gasteiger partial charge in [-0.1, -0.05) is 24.6 Å². The van der Waals surface area contributed by atoms with E-state index in [-0.39, 0.29) is 5.82 Å². The number of aromatic nitrogens is 4. The summed E-state index contributed by atoms with van der Waals surface area (Å²) in [6.45, 7) is 3.53. The molecule has 3 aliphatic rings. The number of thioether (sulfide) groups is 1. The molecule has 13 heteroatoms. The van der Waals surface area contributed by atoms with Crippen LogP contribution in [0, 0.1) is 0 Å². The molecule has 0 unspecified atom stereocenters. The van der Waals surface area contributed by atoms with Gasteiger partial charge in [0.15, 0.2) is 29.9 Å². The van der Waals surface area contributed by atoms with E-state index in [0.29, 0.717) is 41.6 Å². The Kier molecular flexibility index (Phi) is 8.77. The van der Waals surface area contributed by atoms with E-state index in [0.717, 1.165) is 25.9 Å². The van der Waals surface area contributed by atoms with Crippen LogP contribution in [0.1, 0.15) is 48.7 Å². The number of ether oxygens (including phenoxy) is 3. The first-order valence-electron chi connectivity index (χ1n) is 14.6. The lowest BCUT2D eigenvalue weighted by atomic mass is 10.0. The van der Waals surface area contributed by atoms with Gasteiger partial charge in [-0.15, -0.1) is 0 Å². The maximum absolute atomic E-state index is 13.6. The molecule has 0 bridgehead atoms. The van der Waals surface area contributed by atoms with Crippen molar-refractivity contribution in [3.05, 3.63) is 48.5 Å². The summed E-state index contributed by atoms with van der Waals surface area (Å²) in [5.41, 5.74) is 7.26. The molecular formula is C29H37N7O5S. The predicted molar refractivity (Wildman–Crippen MR) is 158 cm³/mol. The fraction of sp³-hybridized carbons (Fsp3) is 0.552. The summed E-state index contributed by atoms with van der Waals surface area (Å²) in [5.74, 6) is 0.210. The first kappa shape index (κ1) is 28.7.